The van der Waals surface area contributed by atoms with E-state index >= 15 is 0 Å². The van der Waals surface area contributed by atoms with E-state index in [2.05, 4.69) is 15.6 Å². The van der Waals surface area contributed by atoms with Gasteiger partial charge in [0.2, 0.25) is 0 Å². The minimum Gasteiger partial charge on any atom is -0.489 e. The van der Waals surface area contributed by atoms with Gasteiger partial charge in [-0.15, -0.1) is 24.0 Å². The molecule has 0 fully saturated rings. The second-order valence-corrected chi connectivity index (χ2v) is 5.61. The first-order valence-electron chi connectivity index (χ1n) is 8.08. The maximum Gasteiger partial charge on any atom is 0.269 e. The molecule has 0 saturated carbocycles. The van der Waals surface area contributed by atoms with Crippen LogP contribution in [0.1, 0.15) is 12.5 Å². The fourth-order valence-electron chi connectivity index (χ4n) is 2.17. The van der Waals surface area contributed by atoms with Gasteiger partial charge in [0.05, 0.1) is 11.5 Å². The van der Waals surface area contributed by atoms with E-state index in [-0.39, 0.29) is 41.6 Å². The van der Waals surface area contributed by atoms with Crippen molar-refractivity contribution in [2.75, 3.05) is 13.6 Å². The number of nitro benzene ring substituents is 1. The molecule has 0 amide bonds. The molecule has 146 valence electrons. The summed E-state index contributed by atoms with van der Waals surface area (Å²) in [5, 5.41) is 16.9. The van der Waals surface area contributed by atoms with Gasteiger partial charge in [-0.2, -0.15) is 0 Å². The van der Waals surface area contributed by atoms with E-state index in [9.17, 15) is 14.5 Å². The number of halogens is 2. The third-order valence-electron chi connectivity index (χ3n) is 3.54. The van der Waals surface area contributed by atoms with Crippen molar-refractivity contribution in [3.8, 4) is 5.75 Å². The average molecular weight is 488 g/mol. The quantitative estimate of drug-likeness (QED) is 0.205. The molecule has 0 aromatic heterocycles. The fraction of sp³-hybridized carbons (Fsp3) is 0.278. The van der Waals surface area contributed by atoms with Crippen molar-refractivity contribution in [1.29, 1.82) is 0 Å². The first-order chi connectivity index (χ1) is 12.5. The molecule has 0 aliphatic heterocycles. The predicted molar refractivity (Wildman–Crippen MR) is 113 cm³/mol. The molecule has 0 aliphatic rings. The number of hydrogen-bond acceptors (Lipinski definition) is 4. The van der Waals surface area contributed by atoms with Crippen LogP contribution in [-0.2, 0) is 6.54 Å². The number of nitrogens with zero attached hydrogens (tertiary/aromatic N) is 2. The molecule has 1 unspecified atom stereocenters. The van der Waals surface area contributed by atoms with Crippen molar-refractivity contribution >= 4 is 35.6 Å². The summed E-state index contributed by atoms with van der Waals surface area (Å²) in [6.07, 6.45) is -0.154. The number of benzene rings is 2. The van der Waals surface area contributed by atoms with Gasteiger partial charge in [-0.25, -0.2) is 4.39 Å². The van der Waals surface area contributed by atoms with E-state index in [1.807, 2.05) is 6.92 Å². The van der Waals surface area contributed by atoms with Crippen molar-refractivity contribution in [2.45, 2.75) is 19.6 Å². The molecule has 0 radical (unpaired) electrons. The highest BCUT2D eigenvalue weighted by Crippen LogP contribution is 2.13. The van der Waals surface area contributed by atoms with E-state index in [0.717, 1.165) is 5.56 Å². The summed E-state index contributed by atoms with van der Waals surface area (Å²) in [6, 6.07) is 12.2. The standard InChI is InChI=1S/C18H21FN4O3.HI/c1-13(26-17-9-5-15(19)6-10-17)11-21-18(20-2)22-12-14-3-7-16(8-4-14)23(24)25;/h3-10,13H,11-12H2,1-2H3,(H2,20,21,22);1H. The molecule has 9 heteroatoms. The fourth-order valence-corrected chi connectivity index (χ4v) is 2.17. The van der Waals surface area contributed by atoms with E-state index < -0.39 is 4.92 Å². The van der Waals surface area contributed by atoms with Crippen LogP contribution in [-0.4, -0.2) is 30.6 Å². The largest absolute Gasteiger partial charge is 0.489 e. The zero-order valence-electron chi connectivity index (χ0n) is 15.0. The summed E-state index contributed by atoms with van der Waals surface area (Å²) >= 11 is 0. The third-order valence-corrected chi connectivity index (χ3v) is 3.54. The number of non-ortho nitro benzene ring substituents is 1. The minimum atomic E-state index is -0.430. The highest BCUT2D eigenvalue weighted by molar-refractivity contribution is 14.0. The maximum absolute atomic E-state index is 12.9. The highest BCUT2D eigenvalue weighted by Gasteiger charge is 2.07. The predicted octanol–water partition coefficient (Wildman–Crippen LogP) is 3.48. The lowest BCUT2D eigenvalue weighted by atomic mass is 10.2. The Morgan fingerprint density at radius 3 is 2.37 bits per heavy atom. The van der Waals surface area contributed by atoms with E-state index in [4.69, 9.17) is 4.74 Å². The first kappa shape index (κ1) is 22.6. The molecule has 0 spiro atoms. The minimum absolute atomic E-state index is 0. The van der Waals surface area contributed by atoms with E-state index in [0.29, 0.717) is 24.8 Å². The van der Waals surface area contributed by atoms with Crippen molar-refractivity contribution in [3.05, 3.63) is 70.0 Å². The molecule has 0 heterocycles. The smallest absolute Gasteiger partial charge is 0.269 e. The monoisotopic (exact) mass is 488 g/mol. The highest BCUT2D eigenvalue weighted by atomic mass is 127. The Hall–Kier alpha value is -2.43. The van der Waals surface area contributed by atoms with Crippen LogP contribution in [0.25, 0.3) is 0 Å². The van der Waals surface area contributed by atoms with Gasteiger partial charge in [0.15, 0.2) is 5.96 Å². The van der Waals surface area contributed by atoms with Crippen molar-refractivity contribution in [3.63, 3.8) is 0 Å². The summed E-state index contributed by atoms with van der Waals surface area (Å²) in [4.78, 5) is 14.3. The Balaban J connectivity index is 0.00000364. The number of ether oxygens (including phenoxy) is 1. The molecule has 2 N–H and O–H groups in total. The van der Waals surface area contributed by atoms with Crippen LogP contribution in [0.15, 0.2) is 53.5 Å². The zero-order chi connectivity index (χ0) is 18.9. The Morgan fingerprint density at radius 2 is 1.81 bits per heavy atom. The van der Waals surface area contributed by atoms with Crippen LogP contribution in [0.5, 0.6) is 5.75 Å². The molecule has 2 aromatic rings. The number of guanidine groups is 1. The van der Waals surface area contributed by atoms with Gasteiger partial charge >= 0.3 is 0 Å². The molecule has 0 saturated heterocycles. The van der Waals surface area contributed by atoms with Crippen LogP contribution in [0, 0.1) is 15.9 Å². The summed E-state index contributed by atoms with van der Waals surface area (Å²) in [5.74, 6) is 0.867. The summed E-state index contributed by atoms with van der Waals surface area (Å²) < 4.78 is 18.6. The van der Waals surface area contributed by atoms with Gasteiger partial charge in [0.1, 0.15) is 17.7 Å². The Kier molecular flexibility index (Phi) is 9.48. The second-order valence-electron chi connectivity index (χ2n) is 5.61. The Morgan fingerprint density at radius 1 is 1.19 bits per heavy atom. The molecule has 27 heavy (non-hydrogen) atoms. The lowest BCUT2D eigenvalue weighted by molar-refractivity contribution is -0.384. The lowest BCUT2D eigenvalue weighted by Crippen LogP contribution is -2.41. The van der Waals surface area contributed by atoms with Crippen molar-refractivity contribution in [2.24, 2.45) is 4.99 Å². The van der Waals surface area contributed by atoms with Gasteiger partial charge in [0, 0.05) is 25.7 Å². The zero-order valence-corrected chi connectivity index (χ0v) is 17.3. The summed E-state index contributed by atoms with van der Waals surface area (Å²) in [5.41, 5.74) is 0.956. The average Bonchev–Trinajstić information content (AvgIpc) is 2.64. The number of nitrogens with one attached hydrogen (secondary N) is 2. The summed E-state index contributed by atoms with van der Waals surface area (Å²) in [7, 11) is 1.65. The first-order valence-corrected chi connectivity index (χ1v) is 8.08. The van der Waals surface area contributed by atoms with Gasteiger partial charge in [-0.3, -0.25) is 15.1 Å². The molecule has 0 bridgehead atoms. The summed E-state index contributed by atoms with van der Waals surface area (Å²) in [6.45, 7) is 2.86. The van der Waals surface area contributed by atoms with Gasteiger partial charge in [0.25, 0.3) is 5.69 Å². The van der Waals surface area contributed by atoms with Crippen LogP contribution in [0.2, 0.25) is 0 Å². The molecule has 7 nitrogen and oxygen atoms in total. The molecular weight excluding hydrogens is 466 g/mol. The van der Waals surface area contributed by atoms with Gasteiger partial charge < -0.3 is 15.4 Å². The van der Waals surface area contributed by atoms with E-state index in [1.54, 1.807) is 31.3 Å². The number of rotatable bonds is 7. The molecule has 1 atom stereocenters. The van der Waals surface area contributed by atoms with Crippen LogP contribution in [0.4, 0.5) is 10.1 Å². The molecule has 2 aromatic carbocycles. The lowest BCUT2D eigenvalue weighted by Gasteiger charge is -2.17. The number of nitro groups is 1. The van der Waals surface area contributed by atoms with Crippen molar-refractivity contribution in [1.82, 2.24) is 10.6 Å². The maximum atomic E-state index is 12.9. The Labute approximate surface area is 174 Å². The molecule has 2 rings (SSSR count). The topological polar surface area (TPSA) is 88.8 Å². The van der Waals surface area contributed by atoms with Gasteiger partial charge in [-0.05, 0) is 36.8 Å². The second kappa shape index (κ2) is 11.3. The van der Waals surface area contributed by atoms with Crippen LogP contribution in [0.3, 0.4) is 0 Å². The van der Waals surface area contributed by atoms with E-state index in [1.165, 1.54) is 24.3 Å². The number of hydrogen-bond donors (Lipinski definition) is 2. The van der Waals surface area contributed by atoms with Crippen LogP contribution >= 0.6 is 24.0 Å². The molecular formula is C18H22FIN4O3. The number of aliphatic imine (C=N–C) groups is 1. The molecule has 0 aliphatic carbocycles. The van der Waals surface area contributed by atoms with Gasteiger partial charge in [-0.1, -0.05) is 12.1 Å². The van der Waals surface area contributed by atoms with Crippen LogP contribution < -0.4 is 15.4 Å². The van der Waals surface area contributed by atoms with Crippen molar-refractivity contribution < 1.29 is 14.1 Å². The Bertz CT molecular complexity index is 754. The third kappa shape index (κ3) is 7.77. The normalized spacial score (nSPS) is 11.9. The SMILES string of the molecule is CN=C(NCc1ccc([N+](=O)[O-])cc1)NCC(C)Oc1ccc(F)cc1.I.